The number of rotatable bonds is 6. The molecule has 6 heteroatoms. The van der Waals surface area contributed by atoms with Crippen LogP contribution in [0.5, 0.6) is 11.5 Å². The Hall–Kier alpha value is -2.97. The van der Waals surface area contributed by atoms with Gasteiger partial charge in [0.1, 0.15) is 0 Å². The quantitative estimate of drug-likeness (QED) is 0.750. The lowest BCUT2D eigenvalue weighted by molar-refractivity contribution is -0.111. The van der Waals surface area contributed by atoms with E-state index in [1.54, 1.807) is 42.5 Å². The van der Waals surface area contributed by atoms with Crippen molar-refractivity contribution in [1.29, 1.82) is 5.26 Å². The zero-order chi connectivity index (χ0) is 19.1. The van der Waals surface area contributed by atoms with Crippen LogP contribution < -0.4 is 14.8 Å². The molecule has 0 unspecified atom stereocenters. The summed E-state index contributed by atoms with van der Waals surface area (Å²) >= 11 is 6.27. The second-order valence-corrected chi connectivity index (χ2v) is 6.12. The van der Waals surface area contributed by atoms with Gasteiger partial charge in [-0.05, 0) is 55.8 Å². The third-order valence-corrected chi connectivity index (χ3v) is 3.57. The zero-order valence-corrected chi connectivity index (χ0v) is 15.5. The third-order valence-electron chi connectivity index (χ3n) is 3.29. The van der Waals surface area contributed by atoms with Crippen molar-refractivity contribution in [3.63, 3.8) is 0 Å². The van der Waals surface area contributed by atoms with Crippen molar-refractivity contribution < 1.29 is 14.3 Å². The molecule has 5 nitrogen and oxygen atoms in total. The highest BCUT2D eigenvalue weighted by atomic mass is 35.5. The highest BCUT2D eigenvalue weighted by Gasteiger charge is 2.12. The van der Waals surface area contributed by atoms with Crippen molar-refractivity contribution in [2.24, 2.45) is 0 Å². The highest BCUT2D eigenvalue weighted by molar-refractivity contribution is 6.32. The summed E-state index contributed by atoms with van der Waals surface area (Å²) < 4.78 is 11.0. The van der Waals surface area contributed by atoms with Gasteiger partial charge in [0, 0.05) is 11.8 Å². The summed E-state index contributed by atoms with van der Waals surface area (Å²) in [4.78, 5) is 12.1. The smallest absolute Gasteiger partial charge is 0.248 e. The number of hydrogen-bond acceptors (Lipinski definition) is 4. The Morgan fingerprint density at radius 2 is 2.08 bits per heavy atom. The first-order valence-electron chi connectivity index (χ1n) is 7.96. The van der Waals surface area contributed by atoms with Gasteiger partial charge >= 0.3 is 0 Å². The Balaban J connectivity index is 2.15. The van der Waals surface area contributed by atoms with E-state index in [1.807, 2.05) is 19.9 Å². The number of nitrogens with one attached hydrogen (secondary N) is 1. The summed E-state index contributed by atoms with van der Waals surface area (Å²) in [6.07, 6.45) is 2.96. The first kappa shape index (κ1) is 19.4. The summed E-state index contributed by atoms with van der Waals surface area (Å²) in [5, 5.41) is 12.0. The number of amides is 1. The summed E-state index contributed by atoms with van der Waals surface area (Å²) in [6, 6.07) is 12.1. The first-order chi connectivity index (χ1) is 12.4. The van der Waals surface area contributed by atoms with Crippen LogP contribution in [0.3, 0.4) is 0 Å². The van der Waals surface area contributed by atoms with Crippen molar-refractivity contribution in [1.82, 2.24) is 0 Å². The summed E-state index contributed by atoms with van der Waals surface area (Å²) in [5.41, 5.74) is 1.72. The van der Waals surface area contributed by atoms with Gasteiger partial charge in [-0.1, -0.05) is 17.7 Å². The fourth-order valence-corrected chi connectivity index (χ4v) is 2.47. The largest absolute Gasteiger partial charge is 0.493 e. The van der Waals surface area contributed by atoms with E-state index in [4.69, 9.17) is 26.3 Å². The zero-order valence-electron chi connectivity index (χ0n) is 14.7. The predicted octanol–water partition coefficient (Wildman–Crippen LogP) is 4.66. The molecule has 26 heavy (non-hydrogen) atoms. The molecule has 2 rings (SSSR count). The molecule has 0 saturated carbocycles. The number of methoxy groups -OCH3 is 1. The monoisotopic (exact) mass is 370 g/mol. The number of nitrogens with zero attached hydrogens (tertiary/aromatic N) is 1. The van der Waals surface area contributed by atoms with E-state index in [9.17, 15) is 4.79 Å². The highest BCUT2D eigenvalue weighted by Crippen LogP contribution is 2.37. The molecule has 0 radical (unpaired) electrons. The van der Waals surface area contributed by atoms with Crippen LogP contribution in [0, 0.1) is 11.3 Å². The molecule has 0 bridgehead atoms. The van der Waals surface area contributed by atoms with E-state index < -0.39 is 0 Å². The number of ether oxygens (including phenoxy) is 2. The summed E-state index contributed by atoms with van der Waals surface area (Å²) in [7, 11) is 1.53. The molecule has 0 spiro atoms. The van der Waals surface area contributed by atoms with Crippen LogP contribution >= 0.6 is 11.6 Å². The molecule has 0 fully saturated rings. The average Bonchev–Trinajstić information content (AvgIpc) is 2.61. The van der Waals surface area contributed by atoms with Crippen LogP contribution in [0.2, 0.25) is 5.02 Å². The fourth-order valence-electron chi connectivity index (χ4n) is 2.21. The Morgan fingerprint density at radius 1 is 1.31 bits per heavy atom. The van der Waals surface area contributed by atoms with Crippen molar-refractivity contribution in [2.45, 2.75) is 20.0 Å². The maximum Gasteiger partial charge on any atom is 0.248 e. The van der Waals surface area contributed by atoms with Gasteiger partial charge in [0.2, 0.25) is 5.91 Å². The van der Waals surface area contributed by atoms with E-state index in [1.165, 1.54) is 13.2 Å². The third kappa shape index (κ3) is 5.27. The van der Waals surface area contributed by atoms with E-state index in [2.05, 4.69) is 5.32 Å². The summed E-state index contributed by atoms with van der Waals surface area (Å²) in [5.74, 6) is 0.643. The van der Waals surface area contributed by atoms with Gasteiger partial charge in [-0.2, -0.15) is 5.26 Å². The van der Waals surface area contributed by atoms with Crippen LogP contribution in [0.25, 0.3) is 6.08 Å². The molecule has 0 aliphatic heterocycles. The van der Waals surface area contributed by atoms with Crippen molar-refractivity contribution in [2.75, 3.05) is 12.4 Å². The normalized spacial score (nSPS) is 10.6. The Bertz CT molecular complexity index is 870. The van der Waals surface area contributed by atoms with E-state index in [0.717, 1.165) is 0 Å². The molecule has 0 saturated heterocycles. The SMILES string of the molecule is COc1cc(/C=C/C(=O)Nc2cccc(C#N)c2)cc(Cl)c1OC(C)C. The number of nitriles is 1. The van der Waals surface area contributed by atoms with E-state index in [0.29, 0.717) is 33.3 Å². The maximum absolute atomic E-state index is 12.1. The van der Waals surface area contributed by atoms with Crippen LogP contribution in [-0.2, 0) is 4.79 Å². The van der Waals surface area contributed by atoms with Crippen molar-refractivity contribution in [3.8, 4) is 17.6 Å². The first-order valence-corrected chi connectivity index (χ1v) is 8.34. The Kier molecular flexibility index (Phi) is 6.65. The minimum absolute atomic E-state index is 0.0438. The molecule has 0 aliphatic carbocycles. The van der Waals surface area contributed by atoms with Gasteiger partial charge < -0.3 is 14.8 Å². The van der Waals surface area contributed by atoms with Crippen molar-refractivity contribution in [3.05, 3.63) is 58.6 Å². The molecule has 1 N–H and O–H groups in total. The second-order valence-electron chi connectivity index (χ2n) is 5.72. The molecule has 0 aliphatic rings. The van der Waals surface area contributed by atoms with Crippen LogP contribution in [0.1, 0.15) is 25.0 Å². The molecule has 134 valence electrons. The standard InChI is InChI=1S/C20H19ClN2O3/c1-13(2)26-20-17(21)10-14(11-18(20)25-3)7-8-19(24)23-16-6-4-5-15(9-16)12-22/h4-11,13H,1-3H3,(H,23,24)/b8-7+. The van der Waals surface area contributed by atoms with Crippen LogP contribution in [0.4, 0.5) is 5.69 Å². The molecule has 0 atom stereocenters. The molecule has 1 amide bonds. The molecule has 2 aromatic carbocycles. The van der Waals surface area contributed by atoms with Crippen LogP contribution in [0.15, 0.2) is 42.5 Å². The Labute approximate surface area is 157 Å². The molecule has 0 aromatic heterocycles. The molecule has 0 heterocycles. The van der Waals surface area contributed by atoms with E-state index in [-0.39, 0.29) is 12.0 Å². The summed E-state index contributed by atoms with van der Waals surface area (Å²) in [6.45, 7) is 3.80. The second kappa shape index (κ2) is 8.93. The molecular formula is C20H19ClN2O3. The fraction of sp³-hybridized carbons (Fsp3) is 0.200. The lowest BCUT2D eigenvalue weighted by Crippen LogP contribution is -2.08. The number of hydrogen-bond donors (Lipinski definition) is 1. The van der Waals surface area contributed by atoms with E-state index >= 15 is 0 Å². The van der Waals surface area contributed by atoms with Gasteiger partial charge in [0.15, 0.2) is 11.5 Å². The predicted molar refractivity (Wildman–Crippen MR) is 103 cm³/mol. The van der Waals surface area contributed by atoms with Crippen molar-refractivity contribution >= 4 is 29.3 Å². The van der Waals surface area contributed by atoms with Gasteiger partial charge in [0.05, 0.1) is 29.9 Å². The number of halogens is 1. The maximum atomic E-state index is 12.1. The van der Waals surface area contributed by atoms with Gasteiger partial charge in [-0.25, -0.2) is 0 Å². The lowest BCUT2D eigenvalue weighted by atomic mass is 10.1. The average molecular weight is 371 g/mol. The number of benzene rings is 2. The van der Waals surface area contributed by atoms with Gasteiger partial charge in [-0.3, -0.25) is 4.79 Å². The topological polar surface area (TPSA) is 71.3 Å². The van der Waals surface area contributed by atoms with Gasteiger partial charge in [0.25, 0.3) is 0 Å². The molecule has 2 aromatic rings. The molecular weight excluding hydrogens is 352 g/mol. The Morgan fingerprint density at radius 3 is 2.73 bits per heavy atom. The van der Waals surface area contributed by atoms with Gasteiger partial charge in [-0.15, -0.1) is 0 Å². The minimum atomic E-state index is -0.322. The minimum Gasteiger partial charge on any atom is -0.493 e. The van der Waals surface area contributed by atoms with Crippen LogP contribution in [-0.4, -0.2) is 19.1 Å². The number of carbonyl (C=O) groups is 1. The number of carbonyl (C=O) groups excluding carboxylic acids is 1. The number of anilines is 1. The lowest BCUT2D eigenvalue weighted by Gasteiger charge is -2.15.